The van der Waals surface area contributed by atoms with Crippen LogP contribution in [0, 0.1) is 13.8 Å². The average Bonchev–Trinajstić information content (AvgIpc) is 3.18. The standard InChI is InChI=1S/C24H22F3N3O3S/c1-15-10-21-23(28-14-30(21)13-17-6-4-8-19(11-17)33-3)22(16(15)2)29-34(31,32)20-9-5-7-18(12-20)24(25,26)27/h4-12,14,29H,13H2,1-3H3. The van der Waals surface area contributed by atoms with Crippen LogP contribution in [-0.2, 0) is 22.7 Å². The molecule has 0 atom stereocenters. The van der Waals surface area contributed by atoms with E-state index in [0.717, 1.165) is 29.3 Å². The van der Waals surface area contributed by atoms with Gasteiger partial charge in [-0.1, -0.05) is 18.2 Å². The molecule has 0 fully saturated rings. The fourth-order valence-electron chi connectivity index (χ4n) is 3.68. The number of hydrogen-bond donors (Lipinski definition) is 1. The first-order valence-electron chi connectivity index (χ1n) is 10.3. The van der Waals surface area contributed by atoms with Crippen molar-refractivity contribution in [2.45, 2.75) is 31.5 Å². The molecule has 0 aliphatic carbocycles. The normalized spacial score (nSPS) is 12.2. The minimum absolute atomic E-state index is 0.233. The highest BCUT2D eigenvalue weighted by Crippen LogP contribution is 2.34. The molecule has 1 aromatic heterocycles. The topological polar surface area (TPSA) is 73.2 Å². The molecular formula is C24H22F3N3O3S. The first-order chi connectivity index (χ1) is 16.0. The Labute approximate surface area is 195 Å². The second kappa shape index (κ2) is 8.68. The Kier molecular flexibility index (Phi) is 6.03. The highest BCUT2D eigenvalue weighted by atomic mass is 32.2. The van der Waals surface area contributed by atoms with E-state index in [1.54, 1.807) is 20.4 Å². The predicted molar refractivity (Wildman–Crippen MR) is 124 cm³/mol. The molecule has 34 heavy (non-hydrogen) atoms. The average molecular weight is 490 g/mol. The molecule has 0 bridgehead atoms. The SMILES string of the molecule is COc1cccc(Cn2cnc3c(NS(=O)(=O)c4cccc(C(F)(F)F)c4)c(C)c(C)cc32)c1. The van der Waals surface area contributed by atoms with Crippen molar-refractivity contribution in [3.63, 3.8) is 0 Å². The van der Waals surface area contributed by atoms with Crippen molar-refractivity contribution in [3.05, 3.63) is 83.2 Å². The van der Waals surface area contributed by atoms with Crippen molar-refractivity contribution in [2.75, 3.05) is 11.8 Å². The quantitative estimate of drug-likeness (QED) is 0.387. The van der Waals surface area contributed by atoms with Crippen molar-refractivity contribution < 1.29 is 26.3 Å². The van der Waals surface area contributed by atoms with Gasteiger partial charge in [0, 0.05) is 6.54 Å². The van der Waals surface area contributed by atoms with Gasteiger partial charge in [0.05, 0.1) is 35.1 Å². The molecular weight excluding hydrogens is 467 g/mol. The lowest BCUT2D eigenvalue weighted by Crippen LogP contribution is -2.16. The highest BCUT2D eigenvalue weighted by molar-refractivity contribution is 7.92. The van der Waals surface area contributed by atoms with Crippen LogP contribution in [0.25, 0.3) is 11.0 Å². The molecule has 0 unspecified atom stereocenters. The first-order valence-corrected chi connectivity index (χ1v) is 11.8. The molecule has 0 saturated carbocycles. The molecule has 0 amide bonds. The van der Waals surface area contributed by atoms with Gasteiger partial charge in [0.2, 0.25) is 0 Å². The van der Waals surface area contributed by atoms with Gasteiger partial charge < -0.3 is 9.30 Å². The van der Waals surface area contributed by atoms with Gasteiger partial charge in [-0.3, -0.25) is 4.72 Å². The monoisotopic (exact) mass is 489 g/mol. The summed E-state index contributed by atoms with van der Waals surface area (Å²) in [6.45, 7) is 4.04. The molecule has 6 nitrogen and oxygen atoms in total. The van der Waals surface area contributed by atoms with Crippen LogP contribution in [0.2, 0.25) is 0 Å². The number of imidazole rings is 1. The van der Waals surface area contributed by atoms with Crippen LogP contribution in [0.5, 0.6) is 5.75 Å². The summed E-state index contributed by atoms with van der Waals surface area (Å²) in [5.41, 5.74) is 2.69. The number of fused-ring (bicyclic) bond motifs is 1. The number of aryl methyl sites for hydroxylation is 1. The first kappa shape index (κ1) is 23.6. The Morgan fingerprint density at radius 2 is 1.79 bits per heavy atom. The number of halogens is 3. The molecule has 10 heteroatoms. The van der Waals surface area contributed by atoms with E-state index >= 15 is 0 Å². The van der Waals surface area contributed by atoms with Crippen LogP contribution in [0.1, 0.15) is 22.3 Å². The van der Waals surface area contributed by atoms with E-state index in [2.05, 4.69) is 9.71 Å². The van der Waals surface area contributed by atoms with Gasteiger partial charge in [0.15, 0.2) is 0 Å². The number of anilines is 1. The molecule has 178 valence electrons. The van der Waals surface area contributed by atoms with Gasteiger partial charge in [-0.05, 0) is 66.9 Å². The Balaban J connectivity index is 1.75. The van der Waals surface area contributed by atoms with Crippen molar-refractivity contribution in [2.24, 2.45) is 0 Å². The molecule has 4 aromatic rings. The summed E-state index contributed by atoms with van der Waals surface area (Å²) in [5, 5.41) is 0. The second-order valence-electron chi connectivity index (χ2n) is 7.92. The number of methoxy groups -OCH3 is 1. The summed E-state index contributed by atoms with van der Waals surface area (Å²) < 4.78 is 75.0. The van der Waals surface area contributed by atoms with Crippen LogP contribution in [-0.4, -0.2) is 25.1 Å². The summed E-state index contributed by atoms with van der Waals surface area (Å²) in [4.78, 5) is 3.94. The minimum Gasteiger partial charge on any atom is -0.497 e. The zero-order valence-electron chi connectivity index (χ0n) is 18.6. The molecule has 4 rings (SSSR count). The maximum absolute atomic E-state index is 13.1. The molecule has 0 aliphatic heterocycles. The van der Waals surface area contributed by atoms with Crippen LogP contribution in [0.15, 0.2) is 65.8 Å². The van der Waals surface area contributed by atoms with Gasteiger partial charge in [-0.2, -0.15) is 13.2 Å². The number of rotatable bonds is 6. The van der Waals surface area contributed by atoms with Crippen molar-refractivity contribution in [1.29, 1.82) is 0 Å². The number of aromatic nitrogens is 2. The lowest BCUT2D eigenvalue weighted by molar-refractivity contribution is -0.137. The number of ether oxygens (including phenoxy) is 1. The summed E-state index contributed by atoms with van der Waals surface area (Å²) in [5.74, 6) is 0.712. The van der Waals surface area contributed by atoms with Crippen molar-refractivity contribution in [1.82, 2.24) is 9.55 Å². The summed E-state index contributed by atoms with van der Waals surface area (Å²) in [6.07, 6.45) is -3.05. The van der Waals surface area contributed by atoms with Crippen LogP contribution < -0.4 is 9.46 Å². The zero-order chi connectivity index (χ0) is 24.7. The van der Waals surface area contributed by atoms with E-state index in [1.807, 2.05) is 41.8 Å². The number of hydrogen-bond acceptors (Lipinski definition) is 4. The summed E-state index contributed by atoms with van der Waals surface area (Å²) in [7, 11) is -2.72. The van der Waals surface area contributed by atoms with Gasteiger partial charge in [-0.25, -0.2) is 13.4 Å². The maximum atomic E-state index is 13.1. The molecule has 1 heterocycles. The van der Waals surface area contributed by atoms with E-state index in [9.17, 15) is 21.6 Å². The molecule has 3 aromatic carbocycles. The van der Waals surface area contributed by atoms with E-state index in [1.165, 1.54) is 0 Å². The zero-order valence-corrected chi connectivity index (χ0v) is 19.5. The molecule has 0 radical (unpaired) electrons. The van der Waals surface area contributed by atoms with E-state index < -0.39 is 26.7 Å². The summed E-state index contributed by atoms with van der Waals surface area (Å²) in [6, 6.07) is 13.1. The maximum Gasteiger partial charge on any atom is 0.416 e. The number of nitrogens with one attached hydrogen (secondary N) is 1. The number of sulfonamides is 1. The smallest absolute Gasteiger partial charge is 0.416 e. The van der Waals surface area contributed by atoms with E-state index in [4.69, 9.17) is 4.74 Å². The van der Waals surface area contributed by atoms with Gasteiger partial charge in [0.1, 0.15) is 11.3 Å². The van der Waals surface area contributed by atoms with Gasteiger partial charge in [-0.15, -0.1) is 0 Å². The van der Waals surface area contributed by atoms with Gasteiger partial charge >= 0.3 is 6.18 Å². The van der Waals surface area contributed by atoms with Crippen LogP contribution in [0.4, 0.5) is 18.9 Å². The van der Waals surface area contributed by atoms with E-state index in [-0.39, 0.29) is 5.69 Å². The highest BCUT2D eigenvalue weighted by Gasteiger charge is 2.32. The number of alkyl halides is 3. The third-order valence-electron chi connectivity index (χ3n) is 5.63. The minimum atomic E-state index is -4.66. The lowest BCUT2D eigenvalue weighted by atomic mass is 10.1. The molecule has 0 aliphatic rings. The molecule has 1 N–H and O–H groups in total. The Bertz CT molecular complexity index is 1480. The third-order valence-corrected chi connectivity index (χ3v) is 6.98. The molecule has 0 spiro atoms. The third kappa shape index (κ3) is 4.58. The predicted octanol–water partition coefficient (Wildman–Crippen LogP) is 5.53. The summed E-state index contributed by atoms with van der Waals surface area (Å²) >= 11 is 0. The molecule has 0 saturated heterocycles. The van der Waals surface area contributed by atoms with Crippen LogP contribution in [0.3, 0.4) is 0 Å². The second-order valence-corrected chi connectivity index (χ2v) is 9.60. The number of benzene rings is 3. The van der Waals surface area contributed by atoms with E-state index in [0.29, 0.717) is 35.0 Å². The lowest BCUT2D eigenvalue weighted by Gasteiger charge is -2.15. The van der Waals surface area contributed by atoms with Crippen molar-refractivity contribution in [3.8, 4) is 5.75 Å². The van der Waals surface area contributed by atoms with Crippen molar-refractivity contribution >= 4 is 26.7 Å². The Hall–Kier alpha value is -3.53. The van der Waals surface area contributed by atoms with Crippen LogP contribution >= 0.6 is 0 Å². The largest absolute Gasteiger partial charge is 0.497 e. The van der Waals surface area contributed by atoms with Gasteiger partial charge in [0.25, 0.3) is 10.0 Å². The Morgan fingerprint density at radius 1 is 1.06 bits per heavy atom. The fraction of sp³-hybridized carbons (Fsp3) is 0.208. The number of nitrogens with zero attached hydrogens (tertiary/aromatic N) is 2. The fourth-order valence-corrected chi connectivity index (χ4v) is 4.85. The Morgan fingerprint density at radius 3 is 2.50 bits per heavy atom.